The number of aryl methyl sites for hydroxylation is 1. The maximum Gasteiger partial charge on any atom is 0.237 e. The lowest BCUT2D eigenvalue weighted by molar-refractivity contribution is 0.566. The molecule has 0 spiro atoms. The molecular formula is C12H18BrNO2S. The van der Waals surface area contributed by atoms with Crippen LogP contribution in [0.15, 0.2) is 22.7 Å². The first-order valence-electron chi connectivity index (χ1n) is 5.48. The fourth-order valence-corrected chi connectivity index (χ4v) is 2.46. The molecule has 0 saturated heterocycles. The predicted octanol–water partition coefficient (Wildman–Crippen LogP) is 3.55. The van der Waals surface area contributed by atoms with Crippen LogP contribution < -0.4 is 4.72 Å². The third-order valence-corrected chi connectivity index (χ3v) is 5.09. The van der Waals surface area contributed by atoms with E-state index >= 15 is 0 Å². The largest absolute Gasteiger partial charge is 0.283 e. The quantitative estimate of drug-likeness (QED) is 0.926. The molecule has 5 heteroatoms. The third kappa shape index (κ3) is 3.45. The van der Waals surface area contributed by atoms with Crippen LogP contribution in [0, 0.1) is 0 Å². The molecule has 0 aliphatic rings. The first-order chi connectivity index (χ1) is 7.67. The molecule has 0 fully saturated rings. The van der Waals surface area contributed by atoms with E-state index in [4.69, 9.17) is 0 Å². The van der Waals surface area contributed by atoms with Crippen molar-refractivity contribution in [2.75, 3.05) is 4.72 Å². The van der Waals surface area contributed by atoms with E-state index in [1.807, 2.05) is 19.1 Å². The van der Waals surface area contributed by atoms with Crippen LogP contribution >= 0.6 is 15.9 Å². The highest BCUT2D eigenvalue weighted by atomic mass is 79.9. The van der Waals surface area contributed by atoms with E-state index in [1.165, 1.54) is 0 Å². The van der Waals surface area contributed by atoms with Gasteiger partial charge in [0.25, 0.3) is 0 Å². The van der Waals surface area contributed by atoms with Gasteiger partial charge in [0.15, 0.2) is 0 Å². The Balaban J connectivity index is 3.13. The second-order valence-electron chi connectivity index (χ2n) is 4.87. The molecular weight excluding hydrogens is 302 g/mol. The smallest absolute Gasteiger partial charge is 0.237 e. The Morgan fingerprint density at radius 3 is 2.35 bits per heavy atom. The van der Waals surface area contributed by atoms with Crippen molar-refractivity contribution in [3.63, 3.8) is 0 Å². The summed E-state index contributed by atoms with van der Waals surface area (Å²) in [4.78, 5) is 0. The van der Waals surface area contributed by atoms with E-state index < -0.39 is 14.8 Å². The number of nitrogens with one attached hydrogen (secondary N) is 1. The molecule has 0 radical (unpaired) electrons. The summed E-state index contributed by atoms with van der Waals surface area (Å²) in [6.07, 6.45) is 0.779. The van der Waals surface area contributed by atoms with Crippen LogP contribution in [0.1, 0.15) is 33.3 Å². The van der Waals surface area contributed by atoms with Crippen LogP contribution in [0.2, 0.25) is 0 Å². The minimum absolute atomic E-state index is 0.658. The van der Waals surface area contributed by atoms with Gasteiger partial charge in [0, 0.05) is 4.47 Å². The molecule has 1 aromatic rings. The van der Waals surface area contributed by atoms with Crippen LogP contribution in [0.25, 0.3) is 0 Å². The summed E-state index contributed by atoms with van der Waals surface area (Å²) in [5, 5.41) is 0. The number of hydrogen-bond donors (Lipinski definition) is 1. The maximum atomic E-state index is 12.1. The summed E-state index contributed by atoms with van der Waals surface area (Å²) in [6.45, 7) is 7.04. The van der Waals surface area contributed by atoms with Crippen LogP contribution in [-0.4, -0.2) is 13.2 Å². The molecule has 1 rings (SSSR count). The van der Waals surface area contributed by atoms with Crippen molar-refractivity contribution in [3.8, 4) is 0 Å². The molecule has 0 amide bonds. The lowest BCUT2D eigenvalue weighted by Crippen LogP contribution is -2.33. The Morgan fingerprint density at radius 2 is 1.88 bits per heavy atom. The molecule has 0 heterocycles. The average molecular weight is 320 g/mol. The molecule has 1 aromatic carbocycles. The Kier molecular flexibility index (Phi) is 4.25. The number of hydrogen-bond acceptors (Lipinski definition) is 2. The van der Waals surface area contributed by atoms with E-state index in [2.05, 4.69) is 20.7 Å². The van der Waals surface area contributed by atoms with Crippen molar-refractivity contribution in [2.45, 2.75) is 38.9 Å². The van der Waals surface area contributed by atoms with Gasteiger partial charge in [0.2, 0.25) is 10.0 Å². The second-order valence-corrected chi connectivity index (χ2v) is 8.22. The molecule has 0 bridgehead atoms. The highest BCUT2D eigenvalue weighted by Gasteiger charge is 2.29. The van der Waals surface area contributed by atoms with Crippen molar-refractivity contribution in [1.82, 2.24) is 0 Å². The molecule has 0 atom stereocenters. The normalized spacial score (nSPS) is 12.5. The van der Waals surface area contributed by atoms with Crippen LogP contribution in [0.4, 0.5) is 5.69 Å². The fraction of sp³-hybridized carbons (Fsp3) is 0.500. The topological polar surface area (TPSA) is 46.2 Å². The van der Waals surface area contributed by atoms with Crippen molar-refractivity contribution in [1.29, 1.82) is 0 Å². The molecule has 0 saturated carbocycles. The standard InChI is InChI=1S/C12H18BrNO2S/c1-5-9-8-10(13)6-7-11(9)14-17(15,16)12(2,3)4/h6-8,14H,5H2,1-4H3. The average Bonchev–Trinajstić information content (AvgIpc) is 2.18. The van der Waals surface area contributed by atoms with Gasteiger partial charge in [-0.3, -0.25) is 4.72 Å². The molecule has 17 heavy (non-hydrogen) atoms. The van der Waals surface area contributed by atoms with Crippen molar-refractivity contribution in [3.05, 3.63) is 28.2 Å². The Bertz CT molecular complexity index is 504. The summed E-state index contributed by atoms with van der Waals surface area (Å²) in [7, 11) is -3.36. The van der Waals surface area contributed by atoms with Gasteiger partial charge >= 0.3 is 0 Å². The molecule has 0 unspecified atom stereocenters. The summed E-state index contributed by atoms with van der Waals surface area (Å²) >= 11 is 3.38. The summed E-state index contributed by atoms with van der Waals surface area (Å²) in [6, 6.07) is 5.55. The monoisotopic (exact) mass is 319 g/mol. The van der Waals surface area contributed by atoms with Gasteiger partial charge in [0.05, 0.1) is 10.4 Å². The molecule has 0 aromatic heterocycles. The van der Waals surface area contributed by atoms with E-state index in [9.17, 15) is 8.42 Å². The van der Waals surface area contributed by atoms with Gasteiger partial charge in [-0.15, -0.1) is 0 Å². The Hall–Kier alpha value is -0.550. The van der Waals surface area contributed by atoms with Crippen molar-refractivity contribution >= 4 is 31.6 Å². The zero-order valence-corrected chi connectivity index (χ0v) is 12.9. The zero-order chi connectivity index (χ0) is 13.3. The number of benzene rings is 1. The SMILES string of the molecule is CCc1cc(Br)ccc1NS(=O)(=O)C(C)(C)C. The molecule has 1 N–H and O–H groups in total. The summed E-state index contributed by atoms with van der Waals surface area (Å²) in [5.74, 6) is 0. The number of sulfonamides is 1. The van der Waals surface area contributed by atoms with Gasteiger partial charge in [-0.2, -0.15) is 0 Å². The van der Waals surface area contributed by atoms with E-state index in [0.717, 1.165) is 16.5 Å². The van der Waals surface area contributed by atoms with Crippen molar-refractivity contribution in [2.24, 2.45) is 0 Å². The predicted molar refractivity (Wildman–Crippen MR) is 75.8 cm³/mol. The van der Waals surface area contributed by atoms with Gasteiger partial charge in [-0.25, -0.2) is 8.42 Å². The summed E-state index contributed by atoms with van der Waals surface area (Å²) < 4.78 is 26.9. The highest BCUT2D eigenvalue weighted by Crippen LogP contribution is 2.25. The Labute approximate surface area is 112 Å². The first-order valence-corrected chi connectivity index (χ1v) is 7.76. The first kappa shape index (κ1) is 14.5. The van der Waals surface area contributed by atoms with E-state index in [0.29, 0.717) is 5.69 Å². The van der Waals surface area contributed by atoms with Crippen LogP contribution in [0.3, 0.4) is 0 Å². The van der Waals surface area contributed by atoms with Gasteiger partial charge < -0.3 is 0 Å². The van der Waals surface area contributed by atoms with Gasteiger partial charge in [-0.1, -0.05) is 22.9 Å². The fourth-order valence-electron chi connectivity index (χ4n) is 1.25. The minimum Gasteiger partial charge on any atom is -0.283 e. The number of anilines is 1. The Morgan fingerprint density at radius 1 is 1.29 bits per heavy atom. The van der Waals surface area contributed by atoms with Crippen LogP contribution in [-0.2, 0) is 16.4 Å². The zero-order valence-electron chi connectivity index (χ0n) is 10.5. The van der Waals surface area contributed by atoms with Gasteiger partial charge in [-0.05, 0) is 51.0 Å². The third-order valence-electron chi connectivity index (χ3n) is 2.50. The van der Waals surface area contributed by atoms with Gasteiger partial charge in [0.1, 0.15) is 0 Å². The lowest BCUT2D eigenvalue weighted by Gasteiger charge is -2.21. The number of halogens is 1. The van der Waals surface area contributed by atoms with E-state index in [1.54, 1.807) is 26.8 Å². The van der Waals surface area contributed by atoms with Crippen LogP contribution in [0.5, 0.6) is 0 Å². The molecule has 0 aliphatic carbocycles. The molecule has 3 nitrogen and oxygen atoms in total. The molecule has 0 aliphatic heterocycles. The molecule has 96 valence electrons. The van der Waals surface area contributed by atoms with Crippen molar-refractivity contribution < 1.29 is 8.42 Å². The lowest BCUT2D eigenvalue weighted by atomic mass is 10.1. The maximum absolute atomic E-state index is 12.1. The minimum atomic E-state index is -3.36. The second kappa shape index (κ2) is 4.98. The highest BCUT2D eigenvalue weighted by molar-refractivity contribution is 9.10. The summed E-state index contributed by atoms with van der Waals surface area (Å²) in [5.41, 5.74) is 1.64. The van der Waals surface area contributed by atoms with E-state index in [-0.39, 0.29) is 0 Å². The number of rotatable bonds is 3.